The number of rotatable bonds is 3. The van der Waals surface area contributed by atoms with Crippen LogP contribution in [0.5, 0.6) is 0 Å². The van der Waals surface area contributed by atoms with Gasteiger partial charge in [0.1, 0.15) is 5.69 Å². The van der Waals surface area contributed by atoms with Crippen LogP contribution in [0.1, 0.15) is 11.1 Å². The maximum Gasteiger partial charge on any atom is 0.293 e. The van der Waals surface area contributed by atoms with E-state index in [9.17, 15) is 14.9 Å². The van der Waals surface area contributed by atoms with E-state index in [2.05, 4.69) is 0 Å². The maximum atomic E-state index is 12.5. The molecule has 0 saturated carbocycles. The highest BCUT2D eigenvalue weighted by atomic mass is 35.5. The quantitative estimate of drug-likeness (QED) is 0.644. The standard InChI is InChI=1S/C16H13ClN2O3/c17-13-6-4-11(5-7-13)10-15(20)18-9-8-12-2-1-3-14(16(12)18)19(21)22/h1-7H,8-10H2. The number of hydrogen-bond acceptors (Lipinski definition) is 3. The average molecular weight is 317 g/mol. The number of benzene rings is 2. The molecular weight excluding hydrogens is 304 g/mol. The second-order valence-corrected chi connectivity index (χ2v) is 5.58. The van der Waals surface area contributed by atoms with Crippen molar-refractivity contribution in [1.29, 1.82) is 0 Å². The number of halogens is 1. The van der Waals surface area contributed by atoms with E-state index in [-0.39, 0.29) is 18.0 Å². The van der Waals surface area contributed by atoms with Crippen LogP contribution < -0.4 is 4.90 Å². The number of amides is 1. The minimum absolute atomic E-state index is 0.0144. The minimum atomic E-state index is -0.438. The van der Waals surface area contributed by atoms with Crippen molar-refractivity contribution in [1.82, 2.24) is 0 Å². The molecule has 2 aromatic rings. The first-order chi connectivity index (χ1) is 10.6. The number of nitro benzene ring substituents is 1. The molecule has 6 heteroatoms. The third-order valence-electron chi connectivity index (χ3n) is 3.74. The van der Waals surface area contributed by atoms with E-state index < -0.39 is 4.92 Å². The van der Waals surface area contributed by atoms with E-state index in [4.69, 9.17) is 11.6 Å². The fourth-order valence-electron chi connectivity index (χ4n) is 2.70. The molecule has 1 aliphatic heterocycles. The molecule has 0 fully saturated rings. The summed E-state index contributed by atoms with van der Waals surface area (Å²) in [5.74, 6) is -0.143. The van der Waals surface area contributed by atoms with E-state index in [0.29, 0.717) is 23.7 Å². The summed E-state index contributed by atoms with van der Waals surface area (Å²) in [5, 5.41) is 11.8. The summed E-state index contributed by atoms with van der Waals surface area (Å²) < 4.78 is 0. The summed E-state index contributed by atoms with van der Waals surface area (Å²) in [4.78, 5) is 24.8. The molecule has 0 aliphatic carbocycles. The second-order valence-electron chi connectivity index (χ2n) is 5.14. The summed E-state index contributed by atoms with van der Waals surface area (Å²) in [7, 11) is 0. The number of para-hydroxylation sites is 1. The van der Waals surface area contributed by atoms with Gasteiger partial charge in [-0.05, 0) is 29.7 Å². The van der Waals surface area contributed by atoms with E-state index in [0.717, 1.165) is 11.1 Å². The number of fused-ring (bicyclic) bond motifs is 1. The lowest BCUT2D eigenvalue weighted by atomic mass is 10.1. The summed E-state index contributed by atoms with van der Waals surface area (Å²) in [6, 6.07) is 12.0. The summed E-state index contributed by atoms with van der Waals surface area (Å²) in [6.45, 7) is 0.479. The third kappa shape index (κ3) is 2.67. The molecule has 2 aromatic carbocycles. The van der Waals surface area contributed by atoms with E-state index >= 15 is 0 Å². The highest BCUT2D eigenvalue weighted by molar-refractivity contribution is 6.30. The largest absolute Gasteiger partial charge is 0.306 e. The fourth-order valence-corrected chi connectivity index (χ4v) is 2.83. The van der Waals surface area contributed by atoms with Gasteiger partial charge in [-0.15, -0.1) is 0 Å². The van der Waals surface area contributed by atoms with Crippen molar-refractivity contribution in [2.24, 2.45) is 0 Å². The van der Waals surface area contributed by atoms with Crippen LogP contribution in [0.15, 0.2) is 42.5 Å². The van der Waals surface area contributed by atoms with Crippen LogP contribution in [0.25, 0.3) is 0 Å². The molecule has 22 heavy (non-hydrogen) atoms. The normalized spacial score (nSPS) is 13.0. The molecule has 1 amide bonds. The Labute approximate surface area is 132 Å². The van der Waals surface area contributed by atoms with Crippen molar-refractivity contribution in [2.45, 2.75) is 12.8 Å². The smallest absolute Gasteiger partial charge is 0.293 e. The first kappa shape index (κ1) is 14.5. The summed E-state index contributed by atoms with van der Waals surface area (Å²) in [6.07, 6.45) is 0.839. The van der Waals surface area contributed by atoms with Gasteiger partial charge in [-0.25, -0.2) is 0 Å². The summed E-state index contributed by atoms with van der Waals surface area (Å²) >= 11 is 5.83. The average Bonchev–Trinajstić information content (AvgIpc) is 2.93. The first-order valence-electron chi connectivity index (χ1n) is 6.87. The highest BCUT2D eigenvalue weighted by Gasteiger charge is 2.31. The Hall–Kier alpha value is -2.40. The predicted molar refractivity (Wildman–Crippen MR) is 84.3 cm³/mol. The molecule has 0 radical (unpaired) electrons. The van der Waals surface area contributed by atoms with Gasteiger partial charge in [0.25, 0.3) is 5.69 Å². The lowest BCUT2D eigenvalue weighted by Crippen LogP contribution is -2.30. The third-order valence-corrected chi connectivity index (χ3v) is 3.99. The minimum Gasteiger partial charge on any atom is -0.306 e. The van der Waals surface area contributed by atoms with Crippen molar-refractivity contribution in [3.8, 4) is 0 Å². The molecule has 1 aliphatic rings. The maximum absolute atomic E-state index is 12.5. The van der Waals surface area contributed by atoms with Crippen LogP contribution >= 0.6 is 11.6 Å². The van der Waals surface area contributed by atoms with Gasteiger partial charge in [-0.2, -0.15) is 0 Å². The van der Waals surface area contributed by atoms with Gasteiger partial charge in [0.05, 0.1) is 11.3 Å². The van der Waals surface area contributed by atoms with Crippen molar-refractivity contribution in [2.75, 3.05) is 11.4 Å². The molecule has 0 N–H and O–H groups in total. The number of nitro groups is 1. The molecule has 0 bridgehead atoms. The van der Waals surface area contributed by atoms with Crippen LogP contribution in [0.4, 0.5) is 11.4 Å². The van der Waals surface area contributed by atoms with E-state index in [1.807, 2.05) is 6.07 Å². The van der Waals surface area contributed by atoms with Gasteiger partial charge in [0, 0.05) is 17.6 Å². The topological polar surface area (TPSA) is 63.5 Å². The molecule has 1 heterocycles. The van der Waals surface area contributed by atoms with Crippen molar-refractivity contribution >= 4 is 28.9 Å². The Morgan fingerprint density at radius 3 is 2.64 bits per heavy atom. The van der Waals surface area contributed by atoms with Crippen LogP contribution in [0, 0.1) is 10.1 Å². The van der Waals surface area contributed by atoms with Crippen LogP contribution in [0.2, 0.25) is 5.02 Å². The molecule has 5 nitrogen and oxygen atoms in total. The van der Waals surface area contributed by atoms with Gasteiger partial charge in [0.2, 0.25) is 5.91 Å². The number of hydrogen-bond donors (Lipinski definition) is 0. The van der Waals surface area contributed by atoms with Gasteiger partial charge in [-0.1, -0.05) is 35.9 Å². The van der Waals surface area contributed by atoms with Gasteiger partial charge >= 0.3 is 0 Å². The molecular formula is C16H13ClN2O3. The second kappa shape index (κ2) is 5.77. The van der Waals surface area contributed by atoms with Crippen molar-refractivity contribution < 1.29 is 9.72 Å². The zero-order valence-corrected chi connectivity index (χ0v) is 12.4. The van der Waals surface area contributed by atoms with Gasteiger partial charge in [-0.3, -0.25) is 14.9 Å². The molecule has 3 rings (SSSR count). The Kier molecular flexibility index (Phi) is 3.81. The number of carbonyl (C=O) groups excluding carboxylic acids is 1. The zero-order chi connectivity index (χ0) is 15.7. The SMILES string of the molecule is O=C(Cc1ccc(Cl)cc1)N1CCc2cccc([N+](=O)[O-])c21. The van der Waals surface area contributed by atoms with Gasteiger partial charge < -0.3 is 4.90 Å². The van der Waals surface area contributed by atoms with Crippen LogP contribution in [0.3, 0.4) is 0 Å². The van der Waals surface area contributed by atoms with E-state index in [1.54, 1.807) is 30.3 Å². The predicted octanol–water partition coefficient (Wildman–Crippen LogP) is 3.38. The fraction of sp³-hybridized carbons (Fsp3) is 0.188. The lowest BCUT2D eigenvalue weighted by molar-refractivity contribution is -0.384. The lowest BCUT2D eigenvalue weighted by Gasteiger charge is -2.17. The number of nitrogens with zero attached hydrogens (tertiary/aromatic N) is 2. The monoisotopic (exact) mass is 316 g/mol. The molecule has 0 unspecified atom stereocenters. The van der Waals surface area contributed by atoms with Crippen molar-refractivity contribution in [3.63, 3.8) is 0 Å². The zero-order valence-electron chi connectivity index (χ0n) is 11.7. The molecule has 0 aromatic heterocycles. The van der Waals surface area contributed by atoms with Crippen molar-refractivity contribution in [3.05, 3.63) is 68.7 Å². The molecule has 0 atom stereocenters. The molecule has 0 saturated heterocycles. The molecule has 0 spiro atoms. The van der Waals surface area contributed by atoms with E-state index in [1.165, 1.54) is 11.0 Å². The van der Waals surface area contributed by atoms with Gasteiger partial charge in [0.15, 0.2) is 0 Å². The number of carbonyl (C=O) groups is 1. The first-order valence-corrected chi connectivity index (χ1v) is 7.25. The summed E-state index contributed by atoms with van der Waals surface area (Å²) in [5.41, 5.74) is 2.10. The Bertz CT molecular complexity index is 744. The Balaban J connectivity index is 1.88. The van der Waals surface area contributed by atoms with Crippen LogP contribution in [-0.2, 0) is 17.6 Å². The highest BCUT2D eigenvalue weighted by Crippen LogP contribution is 2.37. The molecule has 112 valence electrons. The van der Waals surface area contributed by atoms with Crippen LogP contribution in [-0.4, -0.2) is 17.4 Å². The number of anilines is 1. The Morgan fingerprint density at radius 2 is 1.95 bits per heavy atom. The Morgan fingerprint density at radius 1 is 1.23 bits per heavy atom.